The van der Waals surface area contributed by atoms with Gasteiger partial charge in [0.2, 0.25) is 0 Å². The molecule has 0 saturated carbocycles. The van der Waals surface area contributed by atoms with Crippen molar-refractivity contribution >= 4 is 29.9 Å². The van der Waals surface area contributed by atoms with Gasteiger partial charge in [-0.2, -0.15) is 0 Å². The molecule has 0 spiro atoms. The van der Waals surface area contributed by atoms with Crippen LogP contribution in [-0.2, 0) is 17.9 Å². The SMILES string of the molecule is CCOCc1ccc(CNC(=NC)N2CCC(c3ccc(OC)cc3)C2)cc1.I. The van der Waals surface area contributed by atoms with Gasteiger partial charge in [-0.3, -0.25) is 4.99 Å². The van der Waals surface area contributed by atoms with Gasteiger partial charge in [0.25, 0.3) is 0 Å². The first-order chi connectivity index (χ1) is 13.7. The van der Waals surface area contributed by atoms with E-state index in [9.17, 15) is 0 Å². The van der Waals surface area contributed by atoms with Crippen LogP contribution in [0.1, 0.15) is 36.0 Å². The minimum absolute atomic E-state index is 0. The number of halogens is 1. The van der Waals surface area contributed by atoms with E-state index in [-0.39, 0.29) is 24.0 Å². The van der Waals surface area contributed by atoms with Gasteiger partial charge >= 0.3 is 0 Å². The average Bonchev–Trinajstić information content (AvgIpc) is 3.23. The van der Waals surface area contributed by atoms with Crippen LogP contribution in [0.2, 0.25) is 0 Å². The predicted octanol–water partition coefficient (Wildman–Crippen LogP) is 4.41. The molecule has 0 aromatic heterocycles. The molecule has 0 bridgehead atoms. The van der Waals surface area contributed by atoms with Gasteiger partial charge in [-0.25, -0.2) is 0 Å². The first-order valence-electron chi connectivity index (χ1n) is 9.98. The number of aliphatic imine (C=N–C) groups is 1. The second-order valence-corrected chi connectivity index (χ2v) is 7.06. The quantitative estimate of drug-likeness (QED) is 0.341. The smallest absolute Gasteiger partial charge is 0.193 e. The van der Waals surface area contributed by atoms with Gasteiger partial charge < -0.3 is 19.7 Å². The molecule has 1 saturated heterocycles. The minimum atomic E-state index is 0. The van der Waals surface area contributed by atoms with Crippen molar-refractivity contribution in [3.63, 3.8) is 0 Å². The molecule has 1 heterocycles. The second-order valence-electron chi connectivity index (χ2n) is 7.06. The Balaban J connectivity index is 0.00000300. The lowest BCUT2D eigenvalue weighted by molar-refractivity contribution is 0.134. The molecule has 6 heteroatoms. The van der Waals surface area contributed by atoms with Crippen molar-refractivity contribution in [3.05, 3.63) is 65.2 Å². The number of nitrogens with one attached hydrogen (secondary N) is 1. The molecule has 1 unspecified atom stereocenters. The molecule has 158 valence electrons. The molecule has 1 fully saturated rings. The molecular weight excluding hydrogens is 477 g/mol. The van der Waals surface area contributed by atoms with Crippen LogP contribution in [0.15, 0.2) is 53.5 Å². The van der Waals surface area contributed by atoms with Crippen LogP contribution in [0.5, 0.6) is 5.75 Å². The molecule has 2 aromatic carbocycles. The maximum Gasteiger partial charge on any atom is 0.193 e. The van der Waals surface area contributed by atoms with E-state index in [1.165, 1.54) is 16.7 Å². The first-order valence-corrected chi connectivity index (χ1v) is 9.98. The Labute approximate surface area is 191 Å². The first kappa shape index (κ1) is 23.5. The van der Waals surface area contributed by atoms with E-state index in [0.717, 1.165) is 44.4 Å². The Kier molecular flexibility index (Phi) is 9.73. The number of ether oxygens (including phenoxy) is 2. The summed E-state index contributed by atoms with van der Waals surface area (Å²) >= 11 is 0. The number of hydrogen-bond donors (Lipinski definition) is 1. The van der Waals surface area contributed by atoms with Gasteiger partial charge in [-0.15, -0.1) is 24.0 Å². The van der Waals surface area contributed by atoms with Gasteiger partial charge in [-0.05, 0) is 42.2 Å². The molecule has 1 N–H and O–H groups in total. The van der Waals surface area contributed by atoms with E-state index in [4.69, 9.17) is 9.47 Å². The van der Waals surface area contributed by atoms with Crippen molar-refractivity contribution in [2.75, 3.05) is 33.9 Å². The molecule has 3 rings (SSSR count). The number of rotatable bonds is 7. The summed E-state index contributed by atoms with van der Waals surface area (Å²) in [6.07, 6.45) is 1.14. The maximum atomic E-state index is 5.45. The van der Waals surface area contributed by atoms with E-state index in [1.54, 1.807) is 7.11 Å². The van der Waals surface area contributed by atoms with Crippen LogP contribution in [-0.4, -0.2) is 44.7 Å². The van der Waals surface area contributed by atoms with Crippen LogP contribution in [0.4, 0.5) is 0 Å². The fraction of sp³-hybridized carbons (Fsp3) is 0.435. The summed E-state index contributed by atoms with van der Waals surface area (Å²) in [6.45, 7) is 6.20. The number of benzene rings is 2. The molecule has 5 nitrogen and oxygen atoms in total. The predicted molar refractivity (Wildman–Crippen MR) is 129 cm³/mol. The monoisotopic (exact) mass is 509 g/mol. The molecule has 1 atom stereocenters. The summed E-state index contributed by atoms with van der Waals surface area (Å²) in [5, 5.41) is 3.51. The van der Waals surface area contributed by atoms with Crippen LogP contribution in [0, 0.1) is 0 Å². The Bertz CT molecular complexity index is 763. The number of hydrogen-bond acceptors (Lipinski definition) is 3. The number of nitrogens with zero attached hydrogens (tertiary/aromatic N) is 2. The molecule has 0 radical (unpaired) electrons. The lowest BCUT2D eigenvalue weighted by atomic mass is 9.98. The zero-order valence-electron chi connectivity index (χ0n) is 17.6. The number of methoxy groups -OCH3 is 1. The van der Waals surface area contributed by atoms with Gasteiger partial charge in [0.15, 0.2) is 5.96 Å². The van der Waals surface area contributed by atoms with Crippen LogP contribution >= 0.6 is 24.0 Å². The van der Waals surface area contributed by atoms with Crippen LogP contribution in [0.3, 0.4) is 0 Å². The van der Waals surface area contributed by atoms with E-state index < -0.39 is 0 Å². The van der Waals surface area contributed by atoms with Crippen LogP contribution in [0.25, 0.3) is 0 Å². The summed E-state index contributed by atoms with van der Waals surface area (Å²) in [7, 11) is 3.56. The van der Waals surface area contributed by atoms with Crippen molar-refractivity contribution < 1.29 is 9.47 Å². The third-order valence-electron chi connectivity index (χ3n) is 5.23. The molecule has 2 aromatic rings. The Morgan fingerprint density at radius 3 is 2.41 bits per heavy atom. The molecular formula is C23H32IN3O2. The Morgan fingerprint density at radius 2 is 1.79 bits per heavy atom. The molecule has 1 aliphatic rings. The summed E-state index contributed by atoms with van der Waals surface area (Å²) in [5.74, 6) is 2.40. The van der Waals surface area contributed by atoms with Crippen molar-refractivity contribution in [2.45, 2.75) is 32.4 Å². The Morgan fingerprint density at radius 1 is 1.10 bits per heavy atom. The molecule has 29 heavy (non-hydrogen) atoms. The van der Waals surface area contributed by atoms with Gasteiger partial charge in [0.05, 0.1) is 13.7 Å². The third-order valence-corrected chi connectivity index (χ3v) is 5.23. The maximum absolute atomic E-state index is 5.45. The highest BCUT2D eigenvalue weighted by atomic mass is 127. The van der Waals surface area contributed by atoms with Gasteiger partial charge in [-0.1, -0.05) is 36.4 Å². The highest BCUT2D eigenvalue weighted by Crippen LogP contribution is 2.28. The van der Waals surface area contributed by atoms with E-state index in [2.05, 4.69) is 51.6 Å². The molecule has 0 amide bonds. The molecule has 1 aliphatic heterocycles. The fourth-order valence-electron chi connectivity index (χ4n) is 3.59. The van der Waals surface area contributed by atoms with E-state index in [0.29, 0.717) is 12.5 Å². The topological polar surface area (TPSA) is 46.1 Å². The highest BCUT2D eigenvalue weighted by molar-refractivity contribution is 14.0. The summed E-state index contributed by atoms with van der Waals surface area (Å²) in [6, 6.07) is 17.0. The lowest BCUT2D eigenvalue weighted by Crippen LogP contribution is -2.39. The van der Waals surface area contributed by atoms with Gasteiger partial charge in [0, 0.05) is 39.2 Å². The van der Waals surface area contributed by atoms with Crippen molar-refractivity contribution in [2.24, 2.45) is 4.99 Å². The normalized spacial score (nSPS) is 16.4. The fourth-order valence-corrected chi connectivity index (χ4v) is 3.59. The zero-order chi connectivity index (χ0) is 19.8. The molecule has 0 aliphatic carbocycles. The minimum Gasteiger partial charge on any atom is -0.497 e. The second kappa shape index (κ2) is 12.0. The van der Waals surface area contributed by atoms with E-state index in [1.807, 2.05) is 26.1 Å². The zero-order valence-corrected chi connectivity index (χ0v) is 19.9. The van der Waals surface area contributed by atoms with E-state index >= 15 is 0 Å². The standard InChI is InChI=1S/C23H31N3O2.HI/c1-4-28-17-19-7-5-18(6-8-19)15-25-23(24-2)26-14-13-21(16-26)20-9-11-22(27-3)12-10-20;/h5-12,21H,4,13-17H2,1-3H3,(H,24,25);1H. The number of likely N-dealkylation sites (tertiary alicyclic amines) is 1. The van der Waals surface area contributed by atoms with Crippen molar-refractivity contribution in [3.8, 4) is 5.75 Å². The summed E-state index contributed by atoms with van der Waals surface area (Å²) in [5.41, 5.74) is 3.81. The van der Waals surface area contributed by atoms with Crippen LogP contribution < -0.4 is 10.1 Å². The highest BCUT2D eigenvalue weighted by Gasteiger charge is 2.26. The lowest BCUT2D eigenvalue weighted by Gasteiger charge is -2.22. The number of guanidine groups is 1. The van der Waals surface area contributed by atoms with Gasteiger partial charge in [0.1, 0.15) is 5.75 Å². The average molecular weight is 509 g/mol. The summed E-state index contributed by atoms with van der Waals surface area (Å²) in [4.78, 5) is 6.84. The third kappa shape index (κ3) is 6.60. The van der Waals surface area contributed by atoms with Crippen molar-refractivity contribution in [1.29, 1.82) is 0 Å². The van der Waals surface area contributed by atoms with Crippen molar-refractivity contribution in [1.82, 2.24) is 10.2 Å². The Hall–Kier alpha value is -1.80. The largest absolute Gasteiger partial charge is 0.497 e. The summed E-state index contributed by atoms with van der Waals surface area (Å²) < 4.78 is 10.7.